The van der Waals surface area contributed by atoms with Crippen LogP contribution in [0.5, 0.6) is 0 Å². The number of carbonyl (C=O) groups excluding carboxylic acids is 1. The van der Waals surface area contributed by atoms with E-state index in [-0.39, 0.29) is 5.97 Å². The van der Waals surface area contributed by atoms with Gasteiger partial charge < -0.3 is 4.74 Å². The lowest BCUT2D eigenvalue weighted by molar-refractivity contribution is -0.142. The van der Waals surface area contributed by atoms with Crippen LogP contribution in [0.1, 0.15) is 33.6 Å². The fraction of sp³-hybridized carbons (Fsp3) is 0.727. The van der Waals surface area contributed by atoms with Gasteiger partial charge in [-0.2, -0.15) is 0 Å². The van der Waals surface area contributed by atoms with E-state index in [1.54, 1.807) is 0 Å². The normalized spacial score (nSPS) is 34.5. The Morgan fingerprint density at radius 3 is 2.77 bits per heavy atom. The molecule has 0 aromatic rings. The van der Waals surface area contributed by atoms with Gasteiger partial charge in [0.05, 0.1) is 0 Å². The third-order valence-electron chi connectivity index (χ3n) is 3.68. The average Bonchev–Trinajstić information content (AvgIpc) is 2.03. The molecule has 3 aliphatic rings. The van der Waals surface area contributed by atoms with Crippen LogP contribution in [0.3, 0.4) is 0 Å². The van der Waals surface area contributed by atoms with Crippen LogP contribution in [0.25, 0.3) is 0 Å². The maximum Gasteiger partial charge on any atom is 0.307 e. The quantitative estimate of drug-likeness (QED) is 0.579. The summed E-state index contributed by atoms with van der Waals surface area (Å²) >= 11 is 0. The van der Waals surface area contributed by atoms with E-state index in [0.29, 0.717) is 11.3 Å². The van der Waals surface area contributed by atoms with Crippen molar-refractivity contribution in [3.05, 3.63) is 11.8 Å². The summed E-state index contributed by atoms with van der Waals surface area (Å²) in [4.78, 5) is 10.8. The standard InChI is InChI=1S/C11H16O2/c1-7(12)13-10-5-4-8-6-9(10)11(8,2)3/h5,8-9H,4,6H2,1-3H3/t8-,9+/m1/s1. The zero-order chi connectivity index (χ0) is 9.64. The SMILES string of the molecule is CC(=O)OC1=CC[C@@H]2C[C@@H]1C2(C)C. The lowest BCUT2D eigenvalue weighted by Crippen LogP contribution is -2.48. The van der Waals surface area contributed by atoms with E-state index in [1.165, 1.54) is 13.3 Å². The lowest BCUT2D eigenvalue weighted by atomic mass is 9.50. The van der Waals surface area contributed by atoms with Gasteiger partial charge in [-0.15, -0.1) is 0 Å². The molecule has 1 fully saturated rings. The van der Waals surface area contributed by atoms with Crippen molar-refractivity contribution in [3.8, 4) is 0 Å². The first-order valence-corrected chi connectivity index (χ1v) is 4.90. The Morgan fingerprint density at radius 2 is 2.31 bits per heavy atom. The smallest absolute Gasteiger partial charge is 0.307 e. The average molecular weight is 180 g/mol. The van der Waals surface area contributed by atoms with Crippen molar-refractivity contribution < 1.29 is 9.53 Å². The Hall–Kier alpha value is -0.790. The third-order valence-corrected chi connectivity index (χ3v) is 3.68. The molecule has 0 saturated heterocycles. The van der Waals surface area contributed by atoms with E-state index in [1.807, 2.05) is 0 Å². The maximum atomic E-state index is 10.8. The number of fused-ring (bicyclic) bond motifs is 1. The fourth-order valence-electron chi connectivity index (χ4n) is 2.58. The number of rotatable bonds is 1. The Bertz CT molecular complexity index is 276. The van der Waals surface area contributed by atoms with Crippen molar-refractivity contribution >= 4 is 5.97 Å². The molecule has 0 aromatic heterocycles. The van der Waals surface area contributed by atoms with E-state index >= 15 is 0 Å². The molecule has 0 aromatic carbocycles. The number of allylic oxidation sites excluding steroid dienone is 2. The monoisotopic (exact) mass is 180 g/mol. The molecule has 2 bridgehead atoms. The molecule has 13 heavy (non-hydrogen) atoms. The zero-order valence-corrected chi connectivity index (χ0v) is 8.46. The van der Waals surface area contributed by atoms with Crippen LogP contribution in [-0.4, -0.2) is 5.97 Å². The van der Waals surface area contributed by atoms with Crippen molar-refractivity contribution in [3.63, 3.8) is 0 Å². The van der Waals surface area contributed by atoms with E-state index in [4.69, 9.17) is 4.74 Å². The molecule has 72 valence electrons. The molecule has 0 N–H and O–H groups in total. The van der Waals surface area contributed by atoms with Gasteiger partial charge in [-0.1, -0.05) is 13.8 Å². The molecule has 2 atom stereocenters. The molecule has 2 heteroatoms. The second kappa shape index (κ2) is 2.60. The van der Waals surface area contributed by atoms with Gasteiger partial charge in [0.1, 0.15) is 5.76 Å². The summed E-state index contributed by atoms with van der Waals surface area (Å²) in [5, 5.41) is 0. The van der Waals surface area contributed by atoms with Crippen LogP contribution in [0.2, 0.25) is 0 Å². The van der Waals surface area contributed by atoms with Gasteiger partial charge in [-0.3, -0.25) is 4.79 Å². The molecule has 3 rings (SSSR count). The zero-order valence-electron chi connectivity index (χ0n) is 8.46. The summed E-state index contributed by atoms with van der Waals surface area (Å²) in [6.45, 7) is 6.00. The summed E-state index contributed by atoms with van der Waals surface area (Å²) < 4.78 is 5.20. The van der Waals surface area contributed by atoms with Gasteiger partial charge in [0.25, 0.3) is 0 Å². The molecular weight excluding hydrogens is 164 g/mol. The van der Waals surface area contributed by atoms with Gasteiger partial charge in [0.15, 0.2) is 0 Å². The summed E-state index contributed by atoms with van der Waals surface area (Å²) in [5.41, 5.74) is 0.347. The summed E-state index contributed by atoms with van der Waals surface area (Å²) in [6.07, 6.45) is 4.36. The van der Waals surface area contributed by atoms with Crippen molar-refractivity contribution in [2.75, 3.05) is 0 Å². The molecule has 3 aliphatic carbocycles. The van der Waals surface area contributed by atoms with Crippen molar-refractivity contribution in [1.29, 1.82) is 0 Å². The predicted molar refractivity (Wildman–Crippen MR) is 49.8 cm³/mol. The van der Waals surface area contributed by atoms with Crippen LogP contribution in [-0.2, 0) is 9.53 Å². The highest BCUT2D eigenvalue weighted by molar-refractivity contribution is 5.67. The highest BCUT2D eigenvalue weighted by Gasteiger charge is 2.52. The third kappa shape index (κ3) is 1.19. The topological polar surface area (TPSA) is 26.3 Å². The van der Waals surface area contributed by atoms with Gasteiger partial charge in [-0.25, -0.2) is 0 Å². The Labute approximate surface area is 79.0 Å². The molecule has 2 nitrogen and oxygen atoms in total. The van der Waals surface area contributed by atoms with E-state index < -0.39 is 0 Å². The minimum absolute atomic E-state index is 0.188. The van der Waals surface area contributed by atoms with Crippen molar-refractivity contribution in [2.45, 2.75) is 33.6 Å². The van der Waals surface area contributed by atoms with E-state index in [0.717, 1.165) is 18.1 Å². The minimum atomic E-state index is -0.188. The number of hydrogen-bond donors (Lipinski definition) is 0. The highest BCUT2D eigenvalue weighted by Crippen LogP contribution is 2.59. The second-order valence-corrected chi connectivity index (χ2v) is 4.74. The molecule has 0 aliphatic heterocycles. The summed E-state index contributed by atoms with van der Waals surface area (Å²) in [6, 6.07) is 0. The van der Waals surface area contributed by atoms with Gasteiger partial charge in [-0.05, 0) is 30.3 Å². The van der Waals surface area contributed by atoms with Gasteiger partial charge in [0, 0.05) is 12.8 Å². The number of esters is 1. The fourth-order valence-corrected chi connectivity index (χ4v) is 2.58. The predicted octanol–water partition coefficient (Wildman–Crippen LogP) is 2.50. The Kier molecular flexibility index (Phi) is 1.76. The summed E-state index contributed by atoms with van der Waals surface area (Å²) in [7, 11) is 0. The molecular formula is C11H16O2. The maximum absolute atomic E-state index is 10.8. The molecule has 0 radical (unpaired) electrons. The van der Waals surface area contributed by atoms with Crippen molar-refractivity contribution in [2.24, 2.45) is 17.3 Å². The molecule has 0 spiro atoms. The molecule has 1 saturated carbocycles. The first-order chi connectivity index (χ1) is 6.01. The number of hydrogen-bond acceptors (Lipinski definition) is 2. The Balaban J connectivity index is 2.14. The van der Waals surface area contributed by atoms with Crippen LogP contribution in [0.4, 0.5) is 0 Å². The number of ether oxygens (including phenoxy) is 1. The van der Waals surface area contributed by atoms with Crippen molar-refractivity contribution in [1.82, 2.24) is 0 Å². The summed E-state index contributed by atoms with van der Waals surface area (Å²) in [5.74, 6) is 2.01. The van der Waals surface area contributed by atoms with E-state index in [2.05, 4.69) is 19.9 Å². The van der Waals surface area contributed by atoms with Crippen LogP contribution < -0.4 is 0 Å². The largest absolute Gasteiger partial charge is 0.431 e. The van der Waals surface area contributed by atoms with E-state index in [9.17, 15) is 4.79 Å². The highest BCUT2D eigenvalue weighted by atomic mass is 16.5. The number of carbonyl (C=O) groups is 1. The minimum Gasteiger partial charge on any atom is -0.431 e. The van der Waals surface area contributed by atoms with Gasteiger partial charge in [0.2, 0.25) is 0 Å². The van der Waals surface area contributed by atoms with Crippen LogP contribution in [0.15, 0.2) is 11.8 Å². The molecule has 0 unspecified atom stereocenters. The Morgan fingerprint density at radius 1 is 1.62 bits per heavy atom. The van der Waals surface area contributed by atoms with Crippen LogP contribution >= 0.6 is 0 Å². The van der Waals surface area contributed by atoms with Gasteiger partial charge >= 0.3 is 5.97 Å². The molecule has 0 heterocycles. The van der Waals surface area contributed by atoms with Crippen LogP contribution in [0, 0.1) is 17.3 Å². The first-order valence-electron chi connectivity index (χ1n) is 4.90. The lowest BCUT2D eigenvalue weighted by Gasteiger charge is -2.55. The molecule has 0 amide bonds. The first kappa shape index (κ1) is 8.79. The second-order valence-electron chi connectivity index (χ2n) is 4.74.